The van der Waals surface area contributed by atoms with Crippen molar-refractivity contribution in [3.8, 4) is 0 Å². The van der Waals surface area contributed by atoms with Gasteiger partial charge in [-0.3, -0.25) is 9.52 Å². The summed E-state index contributed by atoms with van der Waals surface area (Å²) < 4.78 is 26.9. The van der Waals surface area contributed by atoms with Crippen molar-refractivity contribution >= 4 is 15.8 Å². The lowest BCUT2D eigenvalue weighted by molar-refractivity contribution is 0.600. The zero-order valence-corrected chi connectivity index (χ0v) is 12.4. The van der Waals surface area contributed by atoms with E-state index in [0.717, 1.165) is 5.56 Å². The van der Waals surface area contributed by atoms with Gasteiger partial charge in [0.05, 0.1) is 4.90 Å². The molecule has 2 rings (SSSR count). The summed E-state index contributed by atoms with van der Waals surface area (Å²) in [5.41, 5.74) is 0.456. The van der Waals surface area contributed by atoms with Crippen molar-refractivity contribution < 1.29 is 8.42 Å². The molecule has 0 radical (unpaired) electrons. The van der Waals surface area contributed by atoms with E-state index in [1.54, 1.807) is 19.2 Å². The van der Waals surface area contributed by atoms with Crippen LogP contribution in [0.25, 0.3) is 0 Å². The molecular formula is C13H16N4O3S. The van der Waals surface area contributed by atoms with E-state index in [4.69, 9.17) is 0 Å². The predicted octanol–water partition coefficient (Wildman–Crippen LogP) is 0.851. The van der Waals surface area contributed by atoms with E-state index in [0.29, 0.717) is 0 Å². The molecule has 0 spiro atoms. The zero-order valence-electron chi connectivity index (χ0n) is 11.6. The van der Waals surface area contributed by atoms with Crippen molar-refractivity contribution in [1.29, 1.82) is 0 Å². The minimum Gasteiger partial charge on any atom is -0.313 e. The van der Waals surface area contributed by atoms with Crippen LogP contribution in [0.15, 0.2) is 46.1 Å². The third-order valence-corrected chi connectivity index (χ3v) is 4.37. The van der Waals surface area contributed by atoms with Crippen molar-refractivity contribution in [2.45, 2.75) is 17.9 Å². The van der Waals surface area contributed by atoms with Crippen LogP contribution < -0.4 is 15.6 Å². The van der Waals surface area contributed by atoms with Crippen LogP contribution in [0, 0.1) is 0 Å². The van der Waals surface area contributed by atoms with Gasteiger partial charge in [-0.05, 0) is 37.7 Å². The van der Waals surface area contributed by atoms with E-state index in [1.165, 1.54) is 18.2 Å². The molecule has 0 aliphatic carbocycles. The highest BCUT2D eigenvalue weighted by atomic mass is 32.2. The Hall–Kier alpha value is -2.19. The van der Waals surface area contributed by atoms with Gasteiger partial charge >= 0.3 is 0 Å². The molecule has 112 valence electrons. The van der Waals surface area contributed by atoms with Crippen LogP contribution >= 0.6 is 0 Å². The number of anilines is 1. The van der Waals surface area contributed by atoms with E-state index >= 15 is 0 Å². The Balaban J connectivity index is 2.31. The van der Waals surface area contributed by atoms with E-state index in [-0.39, 0.29) is 16.8 Å². The monoisotopic (exact) mass is 308 g/mol. The first-order chi connectivity index (χ1) is 9.92. The third kappa shape index (κ3) is 3.67. The van der Waals surface area contributed by atoms with E-state index in [9.17, 15) is 13.2 Å². The highest BCUT2D eigenvalue weighted by Gasteiger charge is 2.16. The van der Waals surface area contributed by atoms with Gasteiger partial charge in [-0.2, -0.15) is 5.10 Å². The Kier molecular flexibility index (Phi) is 4.39. The molecule has 3 N–H and O–H groups in total. The second-order valence-corrected chi connectivity index (χ2v) is 6.18. The highest BCUT2D eigenvalue weighted by Crippen LogP contribution is 2.18. The van der Waals surface area contributed by atoms with Gasteiger partial charge in [-0.1, -0.05) is 12.1 Å². The number of aromatic amines is 1. The van der Waals surface area contributed by atoms with E-state index in [1.807, 2.05) is 13.0 Å². The highest BCUT2D eigenvalue weighted by molar-refractivity contribution is 7.92. The molecule has 21 heavy (non-hydrogen) atoms. The Bertz CT molecular complexity index is 766. The SMILES string of the molecule is CNC(C)c1cccc(S(=O)(=O)Nc2ccc(=O)[nH]n2)c1. The van der Waals surface area contributed by atoms with Gasteiger partial charge in [0, 0.05) is 12.1 Å². The topological polar surface area (TPSA) is 104 Å². The van der Waals surface area contributed by atoms with Crippen molar-refractivity contribution in [2.75, 3.05) is 11.8 Å². The minimum atomic E-state index is -3.75. The second-order valence-electron chi connectivity index (χ2n) is 4.49. The average molecular weight is 308 g/mol. The van der Waals surface area contributed by atoms with Crippen LogP contribution in [0.4, 0.5) is 5.82 Å². The summed E-state index contributed by atoms with van der Waals surface area (Å²) >= 11 is 0. The van der Waals surface area contributed by atoms with Crippen molar-refractivity contribution in [3.05, 3.63) is 52.3 Å². The lowest BCUT2D eigenvalue weighted by atomic mass is 10.1. The number of hydrogen-bond acceptors (Lipinski definition) is 5. The Morgan fingerprint density at radius 3 is 2.62 bits per heavy atom. The quantitative estimate of drug-likeness (QED) is 0.759. The number of nitrogens with one attached hydrogen (secondary N) is 3. The maximum Gasteiger partial charge on any atom is 0.264 e. The van der Waals surface area contributed by atoms with Gasteiger partial charge in [0.25, 0.3) is 15.6 Å². The Morgan fingerprint density at radius 1 is 1.24 bits per heavy atom. The molecule has 0 saturated heterocycles. The van der Waals surface area contributed by atoms with Gasteiger partial charge in [-0.25, -0.2) is 13.5 Å². The fourth-order valence-corrected chi connectivity index (χ4v) is 2.77. The lowest BCUT2D eigenvalue weighted by Crippen LogP contribution is -2.17. The van der Waals surface area contributed by atoms with Crippen molar-refractivity contribution in [1.82, 2.24) is 15.5 Å². The van der Waals surface area contributed by atoms with Crippen LogP contribution in [0.5, 0.6) is 0 Å². The van der Waals surface area contributed by atoms with Crippen LogP contribution in [-0.4, -0.2) is 25.7 Å². The molecule has 7 nitrogen and oxygen atoms in total. The Morgan fingerprint density at radius 2 is 2.00 bits per heavy atom. The standard InChI is InChI=1S/C13H16N4O3S/c1-9(14-2)10-4-3-5-11(8-10)21(19,20)17-12-6-7-13(18)16-15-12/h3-9,14H,1-2H3,(H,15,17)(H,16,18). The molecular weight excluding hydrogens is 292 g/mol. The van der Waals surface area contributed by atoms with Crippen LogP contribution in [0.1, 0.15) is 18.5 Å². The summed E-state index contributed by atoms with van der Waals surface area (Å²) in [4.78, 5) is 11.0. The molecule has 1 unspecified atom stereocenters. The van der Waals surface area contributed by atoms with Crippen LogP contribution in [0.3, 0.4) is 0 Å². The molecule has 1 heterocycles. The molecule has 0 aliphatic rings. The minimum absolute atomic E-state index is 0.0337. The second kappa shape index (κ2) is 6.06. The maximum absolute atomic E-state index is 12.3. The maximum atomic E-state index is 12.3. The summed E-state index contributed by atoms with van der Waals surface area (Å²) in [5.74, 6) is 0.0571. The first kappa shape index (κ1) is 15.2. The molecule has 0 amide bonds. The van der Waals surface area contributed by atoms with Gasteiger partial charge in [0.1, 0.15) is 0 Å². The summed E-state index contributed by atoms with van der Waals surface area (Å²) in [6.45, 7) is 1.93. The number of H-pyrrole nitrogens is 1. The van der Waals surface area contributed by atoms with Crippen molar-refractivity contribution in [3.63, 3.8) is 0 Å². The number of benzene rings is 1. The predicted molar refractivity (Wildman–Crippen MR) is 79.6 cm³/mol. The first-order valence-corrected chi connectivity index (χ1v) is 7.76. The normalized spacial score (nSPS) is 12.9. The van der Waals surface area contributed by atoms with Gasteiger partial charge in [0.15, 0.2) is 5.82 Å². The number of rotatable bonds is 5. The molecule has 1 atom stereocenters. The van der Waals surface area contributed by atoms with Gasteiger partial charge in [-0.15, -0.1) is 0 Å². The number of nitrogens with zero attached hydrogens (tertiary/aromatic N) is 1. The number of aromatic nitrogens is 2. The number of hydrogen-bond donors (Lipinski definition) is 3. The summed E-state index contributed by atoms with van der Waals surface area (Å²) in [7, 11) is -1.95. The average Bonchev–Trinajstić information content (AvgIpc) is 2.49. The molecule has 0 aliphatic heterocycles. The largest absolute Gasteiger partial charge is 0.313 e. The van der Waals surface area contributed by atoms with Crippen LogP contribution in [-0.2, 0) is 10.0 Å². The lowest BCUT2D eigenvalue weighted by Gasteiger charge is -2.12. The molecule has 2 aromatic rings. The summed E-state index contributed by atoms with van der Waals surface area (Å²) in [6, 6.07) is 9.15. The van der Waals surface area contributed by atoms with Crippen LogP contribution in [0.2, 0.25) is 0 Å². The van der Waals surface area contributed by atoms with Gasteiger partial charge in [0.2, 0.25) is 0 Å². The first-order valence-electron chi connectivity index (χ1n) is 6.28. The molecule has 0 saturated carbocycles. The molecule has 8 heteroatoms. The third-order valence-electron chi connectivity index (χ3n) is 3.02. The smallest absolute Gasteiger partial charge is 0.264 e. The fourth-order valence-electron chi connectivity index (χ4n) is 1.72. The molecule has 0 bridgehead atoms. The molecule has 1 aromatic carbocycles. The van der Waals surface area contributed by atoms with Crippen molar-refractivity contribution in [2.24, 2.45) is 0 Å². The molecule has 1 aromatic heterocycles. The Labute approximate surface area is 122 Å². The number of sulfonamides is 1. The van der Waals surface area contributed by atoms with E-state index < -0.39 is 15.6 Å². The van der Waals surface area contributed by atoms with E-state index in [2.05, 4.69) is 20.2 Å². The zero-order chi connectivity index (χ0) is 15.5. The molecule has 0 fully saturated rings. The fraction of sp³-hybridized carbons (Fsp3) is 0.231. The summed E-state index contributed by atoms with van der Waals surface area (Å²) in [6.07, 6.45) is 0. The summed E-state index contributed by atoms with van der Waals surface area (Å²) in [5, 5.41) is 8.84. The van der Waals surface area contributed by atoms with Gasteiger partial charge < -0.3 is 5.32 Å².